The van der Waals surface area contributed by atoms with Gasteiger partial charge in [-0.15, -0.1) is 0 Å². The fraction of sp³-hybridized carbons (Fsp3) is 0.867. The van der Waals surface area contributed by atoms with Gasteiger partial charge in [-0.3, -0.25) is 4.79 Å². The normalized spacial score (nSPS) is 35.9. The van der Waals surface area contributed by atoms with E-state index in [0.29, 0.717) is 25.3 Å². The molecule has 1 aliphatic heterocycles. The lowest BCUT2D eigenvalue weighted by atomic mass is 9.81. The number of amides is 1. The lowest BCUT2D eigenvalue weighted by Gasteiger charge is -2.37. The van der Waals surface area contributed by atoms with Crippen LogP contribution in [0.25, 0.3) is 0 Å². The van der Waals surface area contributed by atoms with E-state index in [2.05, 4.69) is 0 Å². The quantitative estimate of drug-likeness (QED) is 0.800. The summed E-state index contributed by atoms with van der Waals surface area (Å²) in [6, 6.07) is -0.641. The van der Waals surface area contributed by atoms with Gasteiger partial charge in [0.05, 0.1) is 5.54 Å². The fourth-order valence-electron chi connectivity index (χ4n) is 4.51. The van der Waals surface area contributed by atoms with Crippen molar-refractivity contribution < 1.29 is 14.7 Å². The van der Waals surface area contributed by atoms with Gasteiger partial charge in [-0.1, -0.05) is 25.7 Å². The highest BCUT2D eigenvalue weighted by Crippen LogP contribution is 2.43. The molecule has 1 saturated heterocycles. The minimum atomic E-state index is -0.854. The molecular weight excluding hydrogens is 256 g/mol. The van der Waals surface area contributed by atoms with Crippen molar-refractivity contribution in [3.05, 3.63) is 0 Å². The zero-order valence-electron chi connectivity index (χ0n) is 11.9. The summed E-state index contributed by atoms with van der Waals surface area (Å²) in [5.74, 6) is -0.456. The van der Waals surface area contributed by atoms with E-state index in [9.17, 15) is 14.7 Å². The standard InChI is InChI=1S/C15H24N2O3/c16-15(7-2-1-3-8-15)14(20)17-9-10-5-4-6-11(10)12(17)13(18)19/h10-12H,1-9,16H2,(H,18,19). The molecule has 3 aliphatic rings. The Morgan fingerprint density at radius 1 is 1.10 bits per heavy atom. The van der Waals surface area contributed by atoms with E-state index in [1.54, 1.807) is 4.90 Å². The molecule has 0 aromatic heterocycles. The highest BCUT2D eigenvalue weighted by atomic mass is 16.4. The number of hydrogen-bond donors (Lipinski definition) is 2. The zero-order chi connectivity index (χ0) is 14.3. The Hall–Kier alpha value is -1.10. The van der Waals surface area contributed by atoms with Gasteiger partial charge in [-0.05, 0) is 37.5 Å². The maximum Gasteiger partial charge on any atom is 0.326 e. The average molecular weight is 280 g/mol. The molecule has 3 atom stereocenters. The number of carboxylic acid groups (broad SMARTS) is 1. The van der Waals surface area contributed by atoms with Crippen LogP contribution >= 0.6 is 0 Å². The molecule has 3 unspecified atom stereocenters. The van der Waals surface area contributed by atoms with E-state index in [1.807, 2.05) is 0 Å². The van der Waals surface area contributed by atoms with Gasteiger partial charge in [0.25, 0.3) is 0 Å². The molecule has 112 valence electrons. The second-order valence-electron chi connectivity index (χ2n) is 6.81. The first-order valence-electron chi connectivity index (χ1n) is 7.86. The van der Waals surface area contributed by atoms with Crippen LogP contribution in [0.4, 0.5) is 0 Å². The van der Waals surface area contributed by atoms with Crippen molar-refractivity contribution in [2.45, 2.75) is 62.9 Å². The smallest absolute Gasteiger partial charge is 0.326 e. The molecule has 1 amide bonds. The predicted molar refractivity (Wildman–Crippen MR) is 74.0 cm³/mol. The van der Waals surface area contributed by atoms with Gasteiger partial charge in [0.15, 0.2) is 0 Å². The molecule has 5 nitrogen and oxygen atoms in total. The number of rotatable bonds is 2. The number of carbonyl (C=O) groups is 2. The van der Waals surface area contributed by atoms with Gasteiger partial charge in [0.1, 0.15) is 6.04 Å². The third-order valence-electron chi connectivity index (χ3n) is 5.58. The molecule has 0 aromatic rings. The second-order valence-corrected chi connectivity index (χ2v) is 6.81. The van der Waals surface area contributed by atoms with Crippen molar-refractivity contribution in [3.8, 4) is 0 Å². The number of likely N-dealkylation sites (tertiary alicyclic amines) is 1. The summed E-state index contributed by atoms with van der Waals surface area (Å²) in [7, 11) is 0. The van der Waals surface area contributed by atoms with Gasteiger partial charge >= 0.3 is 5.97 Å². The summed E-state index contributed by atoms with van der Waals surface area (Å²) in [4.78, 5) is 26.0. The highest BCUT2D eigenvalue weighted by molar-refractivity contribution is 5.91. The number of carboxylic acids is 1. The van der Waals surface area contributed by atoms with Gasteiger partial charge in [0.2, 0.25) is 5.91 Å². The molecule has 0 aromatic carbocycles. The average Bonchev–Trinajstić information content (AvgIpc) is 2.97. The van der Waals surface area contributed by atoms with Crippen LogP contribution in [0.5, 0.6) is 0 Å². The van der Waals surface area contributed by atoms with E-state index in [-0.39, 0.29) is 11.8 Å². The molecule has 3 rings (SSSR count). The molecule has 2 aliphatic carbocycles. The van der Waals surface area contributed by atoms with Crippen LogP contribution in [-0.4, -0.2) is 40.0 Å². The summed E-state index contributed by atoms with van der Waals surface area (Å²) in [6.07, 6.45) is 7.54. The van der Waals surface area contributed by atoms with E-state index < -0.39 is 17.6 Å². The van der Waals surface area contributed by atoms with E-state index in [1.165, 1.54) is 0 Å². The SMILES string of the molecule is NC1(C(=O)N2CC3CCCC3C2C(=O)O)CCCCC1. The molecular formula is C15H24N2O3. The van der Waals surface area contributed by atoms with Crippen molar-refractivity contribution in [1.82, 2.24) is 4.90 Å². The minimum Gasteiger partial charge on any atom is -0.480 e. The van der Waals surface area contributed by atoms with Crippen LogP contribution < -0.4 is 5.73 Å². The number of nitrogens with two attached hydrogens (primary N) is 1. The number of hydrogen-bond acceptors (Lipinski definition) is 3. The second kappa shape index (κ2) is 5.02. The monoisotopic (exact) mass is 280 g/mol. The van der Waals surface area contributed by atoms with Crippen LogP contribution in [0.15, 0.2) is 0 Å². The Kier molecular flexibility index (Phi) is 3.48. The molecule has 3 fully saturated rings. The van der Waals surface area contributed by atoms with Crippen molar-refractivity contribution in [2.24, 2.45) is 17.6 Å². The fourth-order valence-corrected chi connectivity index (χ4v) is 4.51. The molecule has 1 heterocycles. The first-order chi connectivity index (χ1) is 9.53. The van der Waals surface area contributed by atoms with Gasteiger partial charge < -0.3 is 15.7 Å². The number of carbonyl (C=O) groups excluding carboxylic acids is 1. The first kappa shape index (κ1) is 13.9. The van der Waals surface area contributed by atoms with Crippen LogP contribution in [0, 0.1) is 11.8 Å². The Labute approximate surface area is 119 Å². The van der Waals surface area contributed by atoms with Gasteiger partial charge in [0, 0.05) is 6.54 Å². The number of fused-ring (bicyclic) bond motifs is 1. The molecule has 0 spiro atoms. The maximum absolute atomic E-state index is 12.8. The van der Waals surface area contributed by atoms with Crippen molar-refractivity contribution in [3.63, 3.8) is 0 Å². The van der Waals surface area contributed by atoms with Gasteiger partial charge in [-0.25, -0.2) is 4.79 Å². The maximum atomic E-state index is 12.8. The highest BCUT2D eigenvalue weighted by Gasteiger charge is 2.52. The topological polar surface area (TPSA) is 83.6 Å². The lowest BCUT2D eigenvalue weighted by molar-refractivity contribution is -0.152. The number of aliphatic carboxylic acids is 1. The largest absolute Gasteiger partial charge is 0.480 e. The summed E-state index contributed by atoms with van der Waals surface area (Å²) in [6.45, 7) is 0.597. The Balaban J connectivity index is 1.81. The van der Waals surface area contributed by atoms with Crippen molar-refractivity contribution in [2.75, 3.05) is 6.54 Å². The molecule has 5 heteroatoms. The summed E-state index contributed by atoms with van der Waals surface area (Å²) >= 11 is 0. The summed E-state index contributed by atoms with van der Waals surface area (Å²) in [5.41, 5.74) is 5.50. The molecule has 0 bridgehead atoms. The summed E-state index contributed by atoms with van der Waals surface area (Å²) in [5, 5.41) is 9.53. The van der Waals surface area contributed by atoms with Crippen LogP contribution in [-0.2, 0) is 9.59 Å². The zero-order valence-corrected chi connectivity index (χ0v) is 11.9. The third kappa shape index (κ3) is 2.12. The Morgan fingerprint density at radius 2 is 1.80 bits per heavy atom. The number of nitrogens with zero attached hydrogens (tertiary/aromatic N) is 1. The Morgan fingerprint density at radius 3 is 2.45 bits per heavy atom. The lowest BCUT2D eigenvalue weighted by Crippen LogP contribution is -2.59. The van der Waals surface area contributed by atoms with E-state index >= 15 is 0 Å². The van der Waals surface area contributed by atoms with Crippen LogP contribution in [0.1, 0.15) is 51.4 Å². The van der Waals surface area contributed by atoms with E-state index in [4.69, 9.17) is 5.73 Å². The molecule has 2 saturated carbocycles. The predicted octanol–water partition coefficient (Wildman–Crippen LogP) is 1.36. The summed E-state index contributed by atoms with van der Waals surface area (Å²) < 4.78 is 0. The first-order valence-corrected chi connectivity index (χ1v) is 7.86. The van der Waals surface area contributed by atoms with Crippen molar-refractivity contribution in [1.29, 1.82) is 0 Å². The van der Waals surface area contributed by atoms with E-state index in [0.717, 1.165) is 38.5 Å². The molecule has 20 heavy (non-hydrogen) atoms. The third-order valence-corrected chi connectivity index (χ3v) is 5.58. The molecule has 0 radical (unpaired) electrons. The van der Waals surface area contributed by atoms with Crippen LogP contribution in [0.2, 0.25) is 0 Å². The van der Waals surface area contributed by atoms with Crippen LogP contribution in [0.3, 0.4) is 0 Å². The molecule has 3 N–H and O–H groups in total. The minimum absolute atomic E-state index is 0.112. The van der Waals surface area contributed by atoms with Gasteiger partial charge in [-0.2, -0.15) is 0 Å². The van der Waals surface area contributed by atoms with Crippen molar-refractivity contribution >= 4 is 11.9 Å². The Bertz CT molecular complexity index is 417.